The van der Waals surface area contributed by atoms with Gasteiger partial charge in [-0.2, -0.15) is 0 Å². The lowest BCUT2D eigenvalue weighted by Crippen LogP contribution is -2.12. The van der Waals surface area contributed by atoms with E-state index in [1.165, 1.54) is 0 Å². The number of phenolic OH excluding ortho intramolecular Hbond substituents is 1. The standard InChI is InChI=1S/C23H30O4/c1-22(2,3)18-7-9-20(25)17(12-18)14-26-15-27-21-10-8-19(23(4,5)6)11-16(21)13-24/h7-13,25H,14-15H2,1-6H3. The molecule has 0 heterocycles. The van der Waals surface area contributed by atoms with Crippen LogP contribution < -0.4 is 4.74 Å². The summed E-state index contributed by atoms with van der Waals surface area (Å²) in [4.78, 5) is 11.4. The predicted molar refractivity (Wildman–Crippen MR) is 108 cm³/mol. The summed E-state index contributed by atoms with van der Waals surface area (Å²) < 4.78 is 11.2. The van der Waals surface area contributed by atoms with Crippen molar-refractivity contribution in [1.82, 2.24) is 0 Å². The van der Waals surface area contributed by atoms with E-state index in [4.69, 9.17) is 9.47 Å². The zero-order valence-corrected chi connectivity index (χ0v) is 17.1. The molecule has 0 saturated carbocycles. The maximum absolute atomic E-state index is 11.4. The van der Waals surface area contributed by atoms with E-state index in [2.05, 4.69) is 41.5 Å². The summed E-state index contributed by atoms with van der Waals surface area (Å²) in [6, 6.07) is 11.2. The average molecular weight is 370 g/mol. The zero-order chi connectivity index (χ0) is 20.2. The predicted octanol–water partition coefficient (Wildman–Crippen LogP) is 5.35. The SMILES string of the molecule is CC(C)(C)c1ccc(OCOCc2cc(C(C)(C)C)ccc2O)c(C=O)c1. The van der Waals surface area contributed by atoms with E-state index in [-0.39, 0.29) is 30.0 Å². The number of carbonyl (C=O) groups excluding carboxylic acids is 1. The normalized spacial score (nSPS) is 12.1. The lowest BCUT2D eigenvalue weighted by molar-refractivity contribution is 0.00407. The Morgan fingerprint density at radius 2 is 1.52 bits per heavy atom. The fraction of sp³-hybridized carbons (Fsp3) is 0.435. The van der Waals surface area contributed by atoms with Crippen LogP contribution in [-0.4, -0.2) is 18.2 Å². The van der Waals surface area contributed by atoms with Crippen LogP contribution in [0.3, 0.4) is 0 Å². The minimum Gasteiger partial charge on any atom is -0.508 e. The highest BCUT2D eigenvalue weighted by Gasteiger charge is 2.17. The molecule has 0 saturated heterocycles. The van der Waals surface area contributed by atoms with Crippen LogP contribution in [0.4, 0.5) is 0 Å². The Hall–Kier alpha value is -2.33. The van der Waals surface area contributed by atoms with Gasteiger partial charge in [0.2, 0.25) is 0 Å². The molecule has 0 fully saturated rings. The minimum absolute atomic E-state index is 0.00507. The molecule has 0 aromatic heterocycles. The fourth-order valence-electron chi connectivity index (χ4n) is 2.66. The second-order valence-corrected chi connectivity index (χ2v) is 8.82. The Morgan fingerprint density at radius 1 is 0.926 bits per heavy atom. The molecule has 0 spiro atoms. The quantitative estimate of drug-likeness (QED) is 0.423. The monoisotopic (exact) mass is 370 g/mol. The third-order valence-electron chi connectivity index (χ3n) is 4.50. The first kappa shape index (κ1) is 21.0. The summed E-state index contributed by atoms with van der Waals surface area (Å²) in [6.45, 7) is 12.9. The molecule has 0 unspecified atom stereocenters. The Kier molecular flexibility index (Phi) is 6.32. The molecule has 4 heteroatoms. The molecule has 146 valence electrons. The zero-order valence-electron chi connectivity index (χ0n) is 17.1. The van der Waals surface area contributed by atoms with Gasteiger partial charge in [0, 0.05) is 5.56 Å². The third-order valence-corrected chi connectivity index (χ3v) is 4.50. The molecule has 0 amide bonds. The van der Waals surface area contributed by atoms with Gasteiger partial charge in [-0.05, 0) is 46.2 Å². The van der Waals surface area contributed by atoms with Gasteiger partial charge in [-0.3, -0.25) is 4.79 Å². The second-order valence-electron chi connectivity index (χ2n) is 8.82. The Bertz CT molecular complexity index is 795. The summed E-state index contributed by atoms with van der Waals surface area (Å²) in [5, 5.41) is 10.0. The van der Waals surface area contributed by atoms with Gasteiger partial charge in [0.15, 0.2) is 13.1 Å². The van der Waals surface area contributed by atoms with Gasteiger partial charge in [-0.1, -0.05) is 53.7 Å². The van der Waals surface area contributed by atoms with E-state index in [0.29, 0.717) is 16.9 Å². The summed E-state index contributed by atoms with van der Waals surface area (Å²) in [5.74, 6) is 0.691. The maximum atomic E-state index is 11.4. The molecule has 1 N–H and O–H groups in total. The number of hydrogen-bond donors (Lipinski definition) is 1. The van der Waals surface area contributed by atoms with Crippen LogP contribution in [-0.2, 0) is 22.2 Å². The average Bonchev–Trinajstić information content (AvgIpc) is 2.58. The van der Waals surface area contributed by atoms with E-state index in [0.717, 1.165) is 17.4 Å². The highest BCUT2D eigenvalue weighted by Crippen LogP contribution is 2.29. The molecular weight excluding hydrogens is 340 g/mol. The maximum Gasteiger partial charge on any atom is 0.189 e. The van der Waals surface area contributed by atoms with Crippen LogP contribution in [0.5, 0.6) is 11.5 Å². The third kappa shape index (κ3) is 5.57. The molecule has 27 heavy (non-hydrogen) atoms. The van der Waals surface area contributed by atoms with Crippen molar-refractivity contribution in [3.05, 3.63) is 58.7 Å². The minimum atomic E-state index is -0.0393. The van der Waals surface area contributed by atoms with Crippen molar-refractivity contribution in [2.75, 3.05) is 6.79 Å². The first-order valence-corrected chi connectivity index (χ1v) is 9.15. The summed E-state index contributed by atoms with van der Waals surface area (Å²) in [6.07, 6.45) is 0.795. The van der Waals surface area contributed by atoms with Crippen LogP contribution in [0.2, 0.25) is 0 Å². The molecule has 4 nitrogen and oxygen atoms in total. The number of rotatable bonds is 6. The van der Waals surface area contributed by atoms with Gasteiger partial charge >= 0.3 is 0 Å². The molecule has 0 aliphatic heterocycles. The van der Waals surface area contributed by atoms with Gasteiger partial charge in [0.25, 0.3) is 0 Å². The number of aldehydes is 1. The first-order chi connectivity index (χ1) is 12.5. The van der Waals surface area contributed by atoms with E-state index in [9.17, 15) is 9.90 Å². The molecule has 0 bridgehead atoms. The molecule has 0 radical (unpaired) electrons. The van der Waals surface area contributed by atoms with E-state index in [1.54, 1.807) is 12.1 Å². The van der Waals surface area contributed by atoms with Crippen LogP contribution in [0.25, 0.3) is 0 Å². The molecule has 0 atom stereocenters. The fourth-order valence-corrected chi connectivity index (χ4v) is 2.66. The number of ether oxygens (including phenoxy) is 2. The van der Waals surface area contributed by atoms with Gasteiger partial charge in [0.05, 0.1) is 12.2 Å². The van der Waals surface area contributed by atoms with Gasteiger partial charge in [-0.15, -0.1) is 0 Å². The highest BCUT2D eigenvalue weighted by atomic mass is 16.7. The summed E-state index contributed by atoms with van der Waals surface area (Å²) in [5.41, 5.74) is 3.37. The largest absolute Gasteiger partial charge is 0.508 e. The van der Waals surface area contributed by atoms with Crippen molar-refractivity contribution >= 4 is 6.29 Å². The van der Waals surface area contributed by atoms with Crippen LogP contribution in [0.15, 0.2) is 36.4 Å². The van der Waals surface area contributed by atoms with E-state index >= 15 is 0 Å². The summed E-state index contributed by atoms with van der Waals surface area (Å²) >= 11 is 0. The second kappa shape index (κ2) is 8.13. The smallest absolute Gasteiger partial charge is 0.189 e. The number of phenols is 1. The Balaban J connectivity index is 2.01. The van der Waals surface area contributed by atoms with E-state index in [1.807, 2.05) is 24.3 Å². The number of carbonyl (C=O) groups is 1. The lowest BCUT2D eigenvalue weighted by atomic mass is 9.86. The van der Waals surface area contributed by atoms with Crippen molar-refractivity contribution in [3.63, 3.8) is 0 Å². The highest BCUT2D eigenvalue weighted by molar-refractivity contribution is 5.79. The number of aromatic hydroxyl groups is 1. The van der Waals surface area contributed by atoms with Crippen LogP contribution in [0, 0.1) is 0 Å². The van der Waals surface area contributed by atoms with Crippen LogP contribution in [0.1, 0.15) is 68.6 Å². The molecule has 2 aromatic rings. The van der Waals surface area contributed by atoms with Gasteiger partial charge < -0.3 is 14.6 Å². The van der Waals surface area contributed by atoms with E-state index < -0.39 is 0 Å². The molecular formula is C23H30O4. The Morgan fingerprint density at radius 3 is 2.11 bits per heavy atom. The lowest BCUT2D eigenvalue weighted by Gasteiger charge is -2.21. The molecule has 2 rings (SSSR count). The van der Waals surface area contributed by atoms with Crippen LogP contribution >= 0.6 is 0 Å². The Labute approximate surface area is 162 Å². The molecule has 2 aromatic carbocycles. The molecule has 0 aliphatic rings. The number of hydrogen-bond acceptors (Lipinski definition) is 4. The van der Waals surface area contributed by atoms with Gasteiger partial charge in [0.1, 0.15) is 11.5 Å². The van der Waals surface area contributed by atoms with Crippen molar-refractivity contribution in [2.45, 2.75) is 59.0 Å². The first-order valence-electron chi connectivity index (χ1n) is 9.15. The number of benzene rings is 2. The topological polar surface area (TPSA) is 55.8 Å². The van der Waals surface area contributed by atoms with Crippen molar-refractivity contribution < 1.29 is 19.4 Å². The summed E-state index contributed by atoms with van der Waals surface area (Å²) in [7, 11) is 0. The van der Waals surface area contributed by atoms with Crippen molar-refractivity contribution in [2.24, 2.45) is 0 Å². The van der Waals surface area contributed by atoms with Crippen molar-refractivity contribution in [1.29, 1.82) is 0 Å². The van der Waals surface area contributed by atoms with Gasteiger partial charge in [-0.25, -0.2) is 0 Å². The van der Waals surface area contributed by atoms with Crippen molar-refractivity contribution in [3.8, 4) is 11.5 Å². The molecule has 0 aliphatic carbocycles.